The van der Waals surface area contributed by atoms with Crippen LogP contribution in [0.25, 0.3) is 0 Å². The number of carbonyl (C=O) groups excluding carboxylic acids is 1. The zero-order valence-corrected chi connectivity index (χ0v) is 11.3. The van der Waals surface area contributed by atoms with Crippen LogP contribution in [0.5, 0.6) is 0 Å². The minimum Gasteiger partial charge on any atom is -0.460 e. The van der Waals surface area contributed by atoms with E-state index >= 15 is 0 Å². The summed E-state index contributed by atoms with van der Waals surface area (Å²) in [4.78, 5) is 10.7. The lowest BCUT2D eigenvalue weighted by Gasteiger charge is -2.40. The van der Waals surface area contributed by atoms with Crippen molar-refractivity contribution in [3.8, 4) is 0 Å². The van der Waals surface area contributed by atoms with Gasteiger partial charge in [0.25, 0.3) is 10.1 Å². The Morgan fingerprint density at radius 2 is 1.94 bits per heavy atom. The molecule has 0 aromatic carbocycles. The van der Waals surface area contributed by atoms with Gasteiger partial charge in [0.2, 0.25) is 0 Å². The van der Waals surface area contributed by atoms with Crippen LogP contribution in [0.3, 0.4) is 0 Å². The molecule has 0 atom stereocenters. The molecule has 0 amide bonds. The van der Waals surface area contributed by atoms with Crippen molar-refractivity contribution in [1.29, 1.82) is 0 Å². The molecule has 0 aromatic rings. The molecule has 1 aliphatic rings. The van der Waals surface area contributed by atoms with Crippen molar-refractivity contribution in [3.05, 3.63) is 0 Å². The number of quaternary nitrogens is 1. The normalized spacial score (nSPS) is 19.4. The van der Waals surface area contributed by atoms with Gasteiger partial charge in [-0.3, -0.25) is 9.35 Å². The minimum atomic E-state index is -3.97. The molecule has 0 bridgehead atoms. The molecule has 0 spiro atoms. The van der Waals surface area contributed by atoms with E-state index in [1.165, 1.54) is 6.92 Å². The van der Waals surface area contributed by atoms with E-state index in [0.29, 0.717) is 43.9 Å². The average Bonchev–Trinajstić information content (AvgIpc) is 2.27. The second-order valence-corrected chi connectivity index (χ2v) is 6.05. The van der Waals surface area contributed by atoms with Gasteiger partial charge < -0.3 is 14.0 Å². The Hall–Kier alpha value is -0.700. The maximum Gasteiger partial charge on any atom is 0.302 e. The predicted octanol–water partition coefficient (Wildman–Crippen LogP) is -0.716. The summed E-state index contributed by atoms with van der Waals surface area (Å²) in [6.07, 6.45) is 0. The third-order valence-corrected chi connectivity index (χ3v) is 3.81. The Bertz CT molecular complexity index is 374. The number of hydrogen-bond donors (Lipinski definition) is 1. The zero-order valence-electron chi connectivity index (χ0n) is 10.5. The Kier molecular flexibility index (Phi) is 5.51. The van der Waals surface area contributed by atoms with E-state index in [1.54, 1.807) is 0 Å². The fraction of sp³-hybridized carbons (Fsp3) is 0.900. The standard InChI is InChI=1S/C10H19NO6S/c1-10(12)17-8-4-11(2-6-16-7-3-11)5-9-18(13,14)15/h2-9H2,1H3/p+1. The van der Waals surface area contributed by atoms with E-state index in [0.717, 1.165) is 0 Å². The summed E-state index contributed by atoms with van der Waals surface area (Å²) >= 11 is 0. The van der Waals surface area contributed by atoms with Gasteiger partial charge in [-0.25, -0.2) is 0 Å². The van der Waals surface area contributed by atoms with Crippen molar-refractivity contribution in [2.75, 3.05) is 51.8 Å². The Morgan fingerprint density at radius 1 is 1.33 bits per heavy atom. The Labute approximate surface area is 107 Å². The number of morpholine rings is 1. The molecule has 0 radical (unpaired) electrons. The van der Waals surface area contributed by atoms with Crippen LogP contribution in [-0.2, 0) is 24.4 Å². The van der Waals surface area contributed by atoms with E-state index in [-0.39, 0.29) is 18.3 Å². The molecule has 1 saturated heterocycles. The molecule has 1 aliphatic heterocycles. The van der Waals surface area contributed by atoms with Gasteiger partial charge in [-0.15, -0.1) is 0 Å². The summed E-state index contributed by atoms with van der Waals surface area (Å²) in [5.41, 5.74) is 0. The summed E-state index contributed by atoms with van der Waals surface area (Å²) in [6, 6.07) is 0. The summed E-state index contributed by atoms with van der Waals surface area (Å²) in [5.74, 6) is -0.635. The van der Waals surface area contributed by atoms with Gasteiger partial charge >= 0.3 is 5.97 Å². The Morgan fingerprint density at radius 3 is 2.44 bits per heavy atom. The first kappa shape index (κ1) is 15.4. The lowest BCUT2D eigenvalue weighted by molar-refractivity contribution is -0.933. The number of esters is 1. The first-order valence-corrected chi connectivity index (χ1v) is 7.45. The molecule has 1 N–H and O–H groups in total. The molecular weight excluding hydrogens is 262 g/mol. The van der Waals surface area contributed by atoms with Crippen molar-refractivity contribution in [1.82, 2.24) is 0 Å². The topological polar surface area (TPSA) is 89.9 Å². The smallest absolute Gasteiger partial charge is 0.302 e. The summed E-state index contributed by atoms with van der Waals surface area (Å²) in [5, 5.41) is 0. The highest BCUT2D eigenvalue weighted by Gasteiger charge is 2.31. The van der Waals surface area contributed by atoms with Crippen LogP contribution >= 0.6 is 0 Å². The van der Waals surface area contributed by atoms with Crippen molar-refractivity contribution in [3.63, 3.8) is 0 Å². The van der Waals surface area contributed by atoms with Crippen molar-refractivity contribution in [2.45, 2.75) is 6.92 Å². The number of nitrogens with zero attached hydrogens (tertiary/aromatic N) is 1. The Balaban J connectivity index is 2.54. The number of rotatable bonds is 6. The van der Waals surface area contributed by atoms with Crippen molar-refractivity contribution >= 4 is 16.1 Å². The summed E-state index contributed by atoms with van der Waals surface area (Å²) in [7, 11) is -3.97. The van der Waals surface area contributed by atoms with Crippen LogP contribution in [0, 0.1) is 0 Å². The van der Waals surface area contributed by atoms with Gasteiger partial charge in [0.15, 0.2) is 0 Å². The molecule has 1 fully saturated rings. The SMILES string of the molecule is CC(=O)OCC[N+]1(CCS(=O)(=O)O)CCOCC1. The zero-order chi connectivity index (χ0) is 13.6. The van der Waals surface area contributed by atoms with E-state index in [9.17, 15) is 13.2 Å². The summed E-state index contributed by atoms with van der Waals surface area (Å²) in [6.45, 7) is 4.86. The second-order valence-electron chi connectivity index (χ2n) is 4.47. The fourth-order valence-electron chi connectivity index (χ4n) is 1.98. The van der Waals surface area contributed by atoms with Crippen LogP contribution in [0.2, 0.25) is 0 Å². The number of hydrogen-bond acceptors (Lipinski definition) is 5. The van der Waals surface area contributed by atoms with Crippen LogP contribution < -0.4 is 0 Å². The van der Waals surface area contributed by atoms with E-state index in [1.807, 2.05) is 0 Å². The van der Waals surface area contributed by atoms with Gasteiger partial charge in [0, 0.05) is 6.92 Å². The summed E-state index contributed by atoms with van der Waals surface area (Å²) < 4.78 is 41.1. The first-order valence-electron chi connectivity index (χ1n) is 5.84. The van der Waals surface area contributed by atoms with Gasteiger partial charge in [-0.2, -0.15) is 8.42 Å². The number of carbonyl (C=O) groups is 1. The average molecular weight is 282 g/mol. The first-order chi connectivity index (χ1) is 8.33. The highest BCUT2D eigenvalue weighted by Crippen LogP contribution is 2.12. The maximum absolute atomic E-state index is 10.8. The molecule has 1 heterocycles. The van der Waals surface area contributed by atoms with Gasteiger partial charge in [0.1, 0.15) is 32.0 Å². The molecule has 18 heavy (non-hydrogen) atoms. The van der Waals surface area contributed by atoms with Crippen LogP contribution in [-0.4, -0.2) is 75.2 Å². The van der Waals surface area contributed by atoms with E-state index < -0.39 is 10.1 Å². The predicted molar refractivity (Wildman–Crippen MR) is 63.6 cm³/mol. The third kappa shape index (κ3) is 5.76. The van der Waals surface area contributed by atoms with Crippen LogP contribution in [0.1, 0.15) is 6.92 Å². The van der Waals surface area contributed by atoms with Gasteiger partial charge in [0.05, 0.1) is 19.8 Å². The lowest BCUT2D eigenvalue weighted by atomic mass is 10.3. The highest BCUT2D eigenvalue weighted by atomic mass is 32.2. The van der Waals surface area contributed by atoms with Gasteiger partial charge in [-0.05, 0) is 0 Å². The van der Waals surface area contributed by atoms with Crippen molar-refractivity contribution in [2.24, 2.45) is 0 Å². The van der Waals surface area contributed by atoms with Crippen LogP contribution in [0.15, 0.2) is 0 Å². The maximum atomic E-state index is 10.8. The van der Waals surface area contributed by atoms with E-state index in [2.05, 4.69) is 0 Å². The molecule has 0 saturated carbocycles. The van der Waals surface area contributed by atoms with Gasteiger partial charge in [-0.1, -0.05) is 0 Å². The molecule has 8 heteroatoms. The van der Waals surface area contributed by atoms with Crippen LogP contribution in [0.4, 0.5) is 0 Å². The number of ether oxygens (including phenoxy) is 2. The minimum absolute atomic E-state index is 0.251. The molecule has 7 nitrogen and oxygen atoms in total. The third-order valence-electron chi connectivity index (χ3n) is 3.11. The molecule has 0 aliphatic carbocycles. The second kappa shape index (κ2) is 6.46. The monoisotopic (exact) mass is 282 g/mol. The molecule has 106 valence electrons. The van der Waals surface area contributed by atoms with Crippen molar-refractivity contribution < 1.29 is 31.7 Å². The molecule has 1 rings (SSSR count). The lowest BCUT2D eigenvalue weighted by Crippen LogP contribution is -2.58. The molecular formula is C10H20NO6S+. The largest absolute Gasteiger partial charge is 0.460 e. The molecule has 0 aromatic heterocycles. The van der Waals surface area contributed by atoms with E-state index in [4.69, 9.17) is 14.0 Å². The fourth-order valence-corrected chi connectivity index (χ4v) is 2.60. The quantitative estimate of drug-likeness (QED) is 0.393. The highest BCUT2D eigenvalue weighted by molar-refractivity contribution is 7.85. The molecule has 0 unspecified atom stereocenters.